The molecule has 1 unspecified atom stereocenters. The highest BCUT2D eigenvalue weighted by Gasteiger charge is 2.01. The fourth-order valence-corrected chi connectivity index (χ4v) is 3.37. The number of aliphatic hydroxyl groups excluding tert-OH is 1. The van der Waals surface area contributed by atoms with Crippen LogP contribution in [0.2, 0.25) is 0 Å². The maximum absolute atomic E-state index is 11.7. The van der Waals surface area contributed by atoms with Gasteiger partial charge in [0.15, 0.2) is 0 Å². The minimum absolute atomic E-state index is 0.168. The Morgan fingerprint density at radius 3 is 1.59 bits per heavy atom. The average Bonchev–Trinajstić information content (AvgIpc) is 2.64. The van der Waals surface area contributed by atoms with Crippen molar-refractivity contribution in [2.45, 2.75) is 129 Å². The lowest BCUT2D eigenvalue weighted by molar-refractivity contribution is -0.121. The van der Waals surface area contributed by atoms with E-state index in [1.165, 1.54) is 89.9 Å². The van der Waals surface area contributed by atoms with Crippen molar-refractivity contribution in [3.05, 3.63) is 0 Å². The molecule has 0 heterocycles. The molecule has 0 fully saturated rings. The van der Waals surface area contributed by atoms with Crippen LogP contribution in [0.1, 0.15) is 123 Å². The molecule has 0 aliphatic carbocycles. The molecule has 0 saturated carbocycles. The van der Waals surface area contributed by atoms with E-state index in [1.54, 1.807) is 6.92 Å². The average molecular weight is 385 g/mol. The van der Waals surface area contributed by atoms with E-state index in [4.69, 9.17) is 5.11 Å². The second kappa shape index (κ2) is 21.7. The third-order valence-corrected chi connectivity index (χ3v) is 5.12. The first-order valence-electron chi connectivity index (χ1n) is 11.8. The Hall–Kier alpha value is -0.610. The van der Waals surface area contributed by atoms with Gasteiger partial charge in [-0.05, 0) is 26.3 Å². The Kier molecular flexibility index (Phi) is 21.2. The smallest absolute Gasteiger partial charge is 0.219 e. The Morgan fingerprint density at radius 1 is 0.704 bits per heavy atom. The van der Waals surface area contributed by atoms with Crippen molar-refractivity contribution >= 4 is 5.91 Å². The molecule has 3 N–H and O–H groups in total. The predicted molar refractivity (Wildman–Crippen MR) is 117 cm³/mol. The van der Waals surface area contributed by atoms with Crippen LogP contribution in [0.15, 0.2) is 0 Å². The normalized spacial score (nSPS) is 12.3. The number of carbonyl (C=O) groups excluding carboxylic acids is 1. The van der Waals surface area contributed by atoms with Crippen LogP contribution >= 0.6 is 0 Å². The van der Waals surface area contributed by atoms with Gasteiger partial charge in [-0.1, -0.05) is 96.8 Å². The second-order valence-corrected chi connectivity index (χ2v) is 8.03. The standard InChI is InChI=1S/C23H48N2O2/c1-3-4-5-6-7-8-9-10-11-12-13-14-15-16-17-19-23(27)25-21-18-20-24-22(2)26/h22,24,26H,3-21H2,1-2H3,(H,25,27). The Bertz CT molecular complexity index is 309. The fraction of sp³-hybridized carbons (Fsp3) is 0.957. The van der Waals surface area contributed by atoms with Crippen LogP contribution in [-0.4, -0.2) is 30.3 Å². The van der Waals surface area contributed by atoms with Gasteiger partial charge in [0, 0.05) is 13.0 Å². The topological polar surface area (TPSA) is 61.4 Å². The minimum Gasteiger partial charge on any atom is -0.379 e. The van der Waals surface area contributed by atoms with Gasteiger partial charge in [0.05, 0.1) is 0 Å². The Morgan fingerprint density at radius 2 is 1.15 bits per heavy atom. The van der Waals surface area contributed by atoms with E-state index in [-0.39, 0.29) is 5.91 Å². The largest absolute Gasteiger partial charge is 0.379 e. The quantitative estimate of drug-likeness (QED) is 0.176. The van der Waals surface area contributed by atoms with Gasteiger partial charge in [0.2, 0.25) is 5.91 Å². The Labute approximate surface area is 169 Å². The highest BCUT2D eigenvalue weighted by Crippen LogP contribution is 2.13. The summed E-state index contributed by atoms with van der Waals surface area (Å²) in [5.41, 5.74) is 0. The molecule has 27 heavy (non-hydrogen) atoms. The van der Waals surface area contributed by atoms with Crippen molar-refractivity contribution in [1.82, 2.24) is 10.6 Å². The van der Waals surface area contributed by atoms with Crippen LogP contribution in [0.4, 0.5) is 0 Å². The Balaban J connectivity index is 3.12. The van der Waals surface area contributed by atoms with Gasteiger partial charge in [0.25, 0.3) is 0 Å². The van der Waals surface area contributed by atoms with Gasteiger partial charge in [-0.25, -0.2) is 0 Å². The van der Waals surface area contributed by atoms with Crippen LogP contribution in [0, 0.1) is 0 Å². The number of unbranched alkanes of at least 4 members (excludes halogenated alkanes) is 14. The number of amides is 1. The summed E-state index contributed by atoms with van der Waals surface area (Å²) in [7, 11) is 0. The highest BCUT2D eigenvalue weighted by atomic mass is 16.3. The summed E-state index contributed by atoms with van der Waals surface area (Å²) >= 11 is 0. The van der Waals surface area contributed by atoms with Crippen molar-refractivity contribution < 1.29 is 9.90 Å². The first kappa shape index (κ1) is 26.4. The van der Waals surface area contributed by atoms with Crippen molar-refractivity contribution in [2.75, 3.05) is 13.1 Å². The maximum Gasteiger partial charge on any atom is 0.219 e. The van der Waals surface area contributed by atoms with E-state index >= 15 is 0 Å². The molecule has 4 nitrogen and oxygen atoms in total. The summed E-state index contributed by atoms with van der Waals surface area (Å²) in [6.07, 6.45) is 21.3. The van der Waals surface area contributed by atoms with Crippen LogP contribution < -0.4 is 10.6 Å². The molecule has 0 aliphatic heterocycles. The van der Waals surface area contributed by atoms with Crippen LogP contribution in [-0.2, 0) is 4.79 Å². The van der Waals surface area contributed by atoms with Gasteiger partial charge in [0.1, 0.15) is 6.23 Å². The number of hydrogen-bond donors (Lipinski definition) is 3. The summed E-state index contributed by atoms with van der Waals surface area (Å²) in [6, 6.07) is 0. The lowest BCUT2D eigenvalue weighted by Gasteiger charge is -2.08. The van der Waals surface area contributed by atoms with Gasteiger partial charge >= 0.3 is 0 Å². The molecule has 4 heteroatoms. The third kappa shape index (κ3) is 23.4. The summed E-state index contributed by atoms with van der Waals surface area (Å²) in [6.45, 7) is 5.41. The van der Waals surface area contributed by atoms with Crippen LogP contribution in [0.5, 0.6) is 0 Å². The molecule has 0 aromatic carbocycles. The third-order valence-electron chi connectivity index (χ3n) is 5.12. The lowest BCUT2D eigenvalue weighted by Crippen LogP contribution is -2.30. The summed E-state index contributed by atoms with van der Waals surface area (Å²) in [4.78, 5) is 11.7. The summed E-state index contributed by atoms with van der Waals surface area (Å²) in [5.74, 6) is 0.168. The number of carbonyl (C=O) groups is 1. The highest BCUT2D eigenvalue weighted by molar-refractivity contribution is 5.75. The predicted octanol–water partition coefficient (Wildman–Crippen LogP) is 5.68. The van der Waals surface area contributed by atoms with E-state index in [2.05, 4.69) is 17.6 Å². The molecule has 0 aromatic rings. The summed E-state index contributed by atoms with van der Waals surface area (Å²) < 4.78 is 0. The molecule has 0 bridgehead atoms. The van der Waals surface area contributed by atoms with Crippen molar-refractivity contribution in [1.29, 1.82) is 0 Å². The van der Waals surface area contributed by atoms with Gasteiger partial charge in [-0.3, -0.25) is 10.1 Å². The molecule has 0 aliphatic rings. The molecule has 0 radical (unpaired) electrons. The first-order chi connectivity index (χ1) is 13.2. The maximum atomic E-state index is 11.7. The molecule has 1 amide bonds. The van der Waals surface area contributed by atoms with E-state index in [0.29, 0.717) is 13.0 Å². The van der Waals surface area contributed by atoms with E-state index < -0.39 is 6.23 Å². The minimum atomic E-state index is -0.471. The molecular formula is C23H48N2O2. The van der Waals surface area contributed by atoms with E-state index in [1.807, 2.05) is 0 Å². The SMILES string of the molecule is CCCCCCCCCCCCCCCCCC(=O)NCCCNC(C)O. The molecule has 0 spiro atoms. The lowest BCUT2D eigenvalue weighted by atomic mass is 10.0. The number of aliphatic hydroxyl groups is 1. The van der Waals surface area contributed by atoms with Crippen molar-refractivity contribution in [3.63, 3.8) is 0 Å². The van der Waals surface area contributed by atoms with Gasteiger partial charge < -0.3 is 10.4 Å². The molecule has 0 saturated heterocycles. The van der Waals surface area contributed by atoms with Crippen LogP contribution in [0.3, 0.4) is 0 Å². The first-order valence-corrected chi connectivity index (χ1v) is 11.8. The monoisotopic (exact) mass is 384 g/mol. The van der Waals surface area contributed by atoms with E-state index in [0.717, 1.165) is 19.4 Å². The number of hydrogen-bond acceptors (Lipinski definition) is 3. The van der Waals surface area contributed by atoms with Gasteiger partial charge in [-0.2, -0.15) is 0 Å². The number of nitrogens with one attached hydrogen (secondary N) is 2. The molecule has 1 atom stereocenters. The second-order valence-electron chi connectivity index (χ2n) is 8.03. The van der Waals surface area contributed by atoms with E-state index in [9.17, 15) is 4.79 Å². The van der Waals surface area contributed by atoms with Crippen molar-refractivity contribution in [3.8, 4) is 0 Å². The molecule has 0 rings (SSSR count). The summed E-state index contributed by atoms with van der Waals surface area (Å²) in [5, 5.41) is 14.9. The van der Waals surface area contributed by atoms with Crippen molar-refractivity contribution in [2.24, 2.45) is 0 Å². The van der Waals surface area contributed by atoms with Gasteiger partial charge in [-0.15, -0.1) is 0 Å². The van der Waals surface area contributed by atoms with Crippen LogP contribution in [0.25, 0.3) is 0 Å². The fourth-order valence-electron chi connectivity index (χ4n) is 3.37. The number of rotatable bonds is 21. The zero-order valence-electron chi connectivity index (χ0n) is 18.4. The molecule has 162 valence electrons. The zero-order chi connectivity index (χ0) is 20.0. The molecule has 0 aromatic heterocycles. The zero-order valence-corrected chi connectivity index (χ0v) is 18.4. The molecular weight excluding hydrogens is 336 g/mol.